The predicted octanol–water partition coefficient (Wildman–Crippen LogP) is 5.31. The van der Waals surface area contributed by atoms with Crippen molar-refractivity contribution < 1.29 is 19.1 Å². The fourth-order valence-electron chi connectivity index (χ4n) is 5.92. The Labute approximate surface area is 241 Å². The highest BCUT2D eigenvalue weighted by molar-refractivity contribution is 5.88. The Hall–Kier alpha value is -3.75. The number of rotatable bonds is 6. The number of nitrogens with one attached hydrogen (secondary N) is 1. The largest absolute Gasteiger partial charge is 0.488 e. The van der Waals surface area contributed by atoms with Gasteiger partial charge < -0.3 is 29.2 Å². The van der Waals surface area contributed by atoms with Crippen LogP contribution in [0.3, 0.4) is 0 Å². The lowest BCUT2D eigenvalue weighted by Crippen LogP contribution is -2.50. The molecule has 2 saturated heterocycles. The molecule has 3 fully saturated rings. The van der Waals surface area contributed by atoms with Gasteiger partial charge >= 0.3 is 6.09 Å². The highest BCUT2D eigenvalue weighted by Crippen LogP contribution is 2.42. The zero-order valence-electron chi connectivity index (χ0n) is 24.8. The van der Waals surface area contributed by atoms with Crippen molar-refractivity contribution in [3.05, 3.63) is 42.2 Å². The standard InChI is InChI=1S/C32H41N5O4/c1-20-14-22(6-9-27(20)35-10-12-36(13-11-35)31(39)41-32(3,4)5)23-15-26-30(37(19-34-26)25-7-8-25)28(16-23)40-21(2)24-17-29(38)33-18-24/h6,9,14-16,19,21,24-25H,7-8,10-13,17-18H2,1-5H3,(H,33,38)/t21-,24?/m1/s1. The van der Waals surface area contributed by atoms with Gasteiger partial charge in [-0.2, -0.15) is 0 Å². The van der Waals surface area contributed by atoms with E-state index in [4.69, 9.17) is 14.5 Å². The van der Waals surface area contributed by atoms with Crippen molar-refractivity contribution in [2.24, 2.45) is 5.92 Å². The van der Waals surface area contributed by atoms with E-state index < -0.39 is 5.60 Å². The average Bonchev–Trinajstić information content (AvgIpc) is 3.52. The summed E-state index contributed by atoms with van der Waals surface area (Å²) in [4.78, 5) is 33.2. The van der Waals surface area contributed by atoms with Crippen LogP contribution in [0.25, 0.3) is 22.2 Å². The summed E-state index contributed by atoms with van der Waals surface area (Å²) in [6, 6.07) is 11.3. The molecule has 218 valence electrons. The van der Waals surface area contributed by atoms with Gasteiger partial charge in [-0.05, 0) is 88.4 Å². The van der Waals surface area contributed by atoms with Gasteiger partial charge in [0.1, 0.15) is 23.0 Å². The van der Waals surface area contributed by atoms with Crippen LogP contribution in [0.2, 0.25) is 0 Å². The van der Waals surface area contributed by atoms with Gasteiger partial charge in [0.2, 0.25) is 5.91 Å². The molecule has 1 N–H and O–H groups in total. The molecule has 2 aliphatic heterocycles. The second-order valence-corrected chi connectivity index (χ2v) is 12.8. The molecule has 1 saturated carbocycles. The molecule has 2 amide bonds. The van der Waals surface area contributed by atoms with Gasteiger partial charge in [0, 0.05) is 56.8 Å². The summed E-state index contributed by atoms with van der Waals surface area (Å²) in [5.41, 5.74) is 6.01. The average molecular weight is 560 g/mol. The maximum atomic E-state index is 12.5. The topological polar surface area (TPSA) is 88.9 Å². The van der Waals surface area contributed by atoms with Crippen molar-refractivity contribution in [1.29, 1.82) is 0 Å². The molecule has 3 aromatic rings. The SMILES string of the molecule is Cc1cc(-c2cc(O[C@H](C)C3CNC(=O)C3)c3c(c2)ncn3C2CC2)ccc1N1CCN(C(=O)OC(C)(C)C)CC1. The lowest BCUT2D eigenvalue weighted by atomic mass is 10.00. The summed E-state index contributed by atoms with van der Waals surface area (Å²) < 4.78 is 14.4. The highest BCUT2D eigenvalue weighted by Gasteiger charge is 2.31. The number of benzene rings is 2. The van der Waals surface area contributed by atoms with E-state index in [1.807, 2.05) is 27.1 Å². The lowest BCUT2D eigenvalue weighted by molar-refractivity contribution is -0.119. The number of aromatic nitrogens is 2. The maximum absolute atomic E-state index is 12.5. The summed E-state index contributed by atoms with van der Waals surface area (Å²) in [7, 11) is 0. The summed E-state index contributed by atoms with van der Waals surface area (Å²) in [5.74, 6) is 1.07. The highest BCUT2D eigenvalue weighted by atomic mass is 16.6. The molecule has 9 nitrogen and oxygen atoms in total. The van der Waals surface area contributed by atoms with E-state index in [1.54, 1.807) is 4.90 Å². The Bertz CT molecular complexity index is 1460. The van der Waals surface area contributed by atoms with Crippen LogP contribution in [-0.4, -0.2) is 70.9 Å². The predicted molar refractivity (Wildman–Crippen MR) is 159 cm³/mol. The van der Waals surface area contributed by atoms with Crippen molar-refractivity contribution in [3.8, 4) is 16.9 Å². The van der Waals surface area contributed by atoms with Gasteiger partial charge in [-0.3, -0.25) is 4.79 Å². The molecule has 2 atom stereocenters. The molecule has 1 aromatic heterocycles. The Morgan fingerprint density at radius 2 is 1.83 bits per heavy atom. The van der Waals surface area contributed by atoms with Gasteiger partial charge in [-0.1, -0.05) is 6.07 Å². The van der Waals surface area contributed by atoms with Crippen LogP contribution in [0.4, 0.5) is 10.5 Å². The van der Waals surface area contributed by atoms with Crippen molar-refractivity contribution in [3.63, 3.8) is 0 Å². The fourth-order valence-corrected chi connectivity index (χ4v) is 5.92. The van der Waals surface area contributed by atoms with E-state index in [2.05, 4.69) is 59.0 Å². The number of aryl methyl sites for hydroxylation is 1. The van der Waals surface area contributed by atoms with Crippen LogP contribution < -0.4 is 15.0 Å². The first kappa shape index (κ1) is 27.4. The van der Waals surface area contributed by atoms with Gasteiger partial charge in [-0.25, -0.2) is 9.78 Å². The molecule has 9 heteroatoms. The quantitative estimate of drug-likeness (QED) is 0.441. The molecule has 41 heavy (non-hydrogen) atoms. The molecular weight excluding hydrogens is 518 g/mol. The van der Waals surface area contributed by atoms with Gasteiger partial charge in [0.05, 0.1) is 11.8 Å². The van der Waals surface area contributed by atoms with E-state index in [9.17, 15) is 9.59 Å². The number of nitrogens with zero attached hydrogens (tertiary/aromatic N) is 4. The number of imidazole rings is 1. The number of ether oxygens (including phenoxy) is 2. The summed E-state index contributed by atoms with van der Waals surface area (Å²) >= 11 is 0. The number of carbonyl (C=O) groups excluding carboxylic acids is 2. The molecule has 3 aliphatic rings. The van der Waals surface area contributed by atoms with Crippen LogP contribution >= 0.6 is 0 Å². The van der Waals surface area contributed by atoms with Crippen LogP contribution in [0.1, 0.15) is 58.6 Å². The first-order valence-electron chi connectivity index (χ1n) is 14.8. The second-order valence-electron chi connectivity index (χ2n) is 12.8. The lowest BCUT2D eigenvalue weighted by Gasteiger charge is -2.37. The zero-order chi connectivity index (χ0) is 28.9. The van der Waals surface area contributed by atoms with E-state index >= 15 is 0 Å². The van der Waals surface area contributed by atoms with E-state index in [1.165, 1.54) is 11.3 Å². The number of hydrogen-bond donors (Lipinski definition) is 1. The van der Waals surface area contributed by atoms with Crippen molar-refractivity contribution in [2.75, 3.05) is 37.6 Å². The third-order valence-electron chi connectivity index (χ3n) is 8.36. The smallest absolute Gasteiger partial charge is 0.410 e. The second kappa shape index (κ2) is 10.6. The van der Waals surface area contributed by atoms with Crippen LogP contribution in [-0.2, 0) is 9.53 Å². The maximum Gasteiger partial charge on any atom is 0.410 e. The van der Waals surface area contributed by atoms with Gasteiger partial charge in [0.15, 0.2) is 0 Å². The molecule has 0 bridgehead atoms. The Morgan fingerprint density at radius 1 is 1.07 bits per heavy atom. The number of fused-ring (bicyclic) bond motifs is 1. The Morgan fingerprint density at radius 3 is 2.46 bits per heavy atom. The third kappa shape index (κ3) is 5.85. The number of hydrogen-bond acceptors (Lipinski definition) is 6. The number of piperazine rings is 1. The number of carbonyl (C=O) groups is 2. The van der Waals surface area contributed by atoms with Crippen molar-refractivity contribution >= 4 is 28.7 Å². The number of amides is 2. The zero-order valence-corrected chi connectivity index (χ0v) is 24.8. The summed E-state index contributed by atoms with van der Waals surface area (Å²) in [5, 5.41) is 2.93. The third-order valence-corrected chi connectivity index (χ3v) is 8.36. The first-order valence-corrected chi connectivity index (χ1v) is 14.8. The molecule has 0 spiro atoms. The van der Waals surface area contributed by atoms with Crippen LogP contribution in [0, 0.1) is 12.8 Å². The molecule has 2 aromatic carbocycles. The van der Waals surface area contributed by atoms with E-state index in [-0.39, 0.29) is 24.0 Å². The summed E-state index contributed by atoms with van der Waals surface area (Å²) in [6.07, 6.45) is 4.42. The molecule has 0 radical (unpaired) electrons. The van der Waals surface area contributed by atoms with Crippen LogP contribution in [0.5, 0.6) is 5.75 Å². The van der Waals surface area contributed by atoms with E-state index in [0.29, 0.717) is 32.1 Å². The fraction of sp³-hybridized carbons (Fsp3) is 0.531. The monoisotopic (exact) mass is 559 g/mol. The first-order chi connectivity index (χ1) is 19.6. The molecule has 1 aliphatic carbocycles. The normalized spacial score (nSPS) is 20.3. The molecule has 3 heterocycles. The Kier molecular flexibility index (Phi) is 7.08. The van der Waals surface area contributed by atoms with Crippen molar-refractivity contribution in [1.82, 2.24) is 19.8 Å². The van der Waals surface area contributed by atoms with E-state index in [0.717, 1.165) is 53.8 Å². The van der Waals surface area contributed by atoms with Crippen molar-refractivity contribution in [2.45, 2.75) is 71.6 Å². The van der Waals surface area contributed by atoms with Gasteiger partial charge in [-0.15, -0.1) is 0 Å². The molecule has 1 unspecified atom stereocenters. The minimum Gasteiger partial charge on any atom is -0.488 e. The molecule has 6 rings (SSSR count). The molecular formula is C32H41N5O4. The summed E-state index contributed by atoms with van der Waals surface area (Å²) in [6.45, 7) is 13.3. The van der Waals surface area contributed by atoms with Gasteiger partial charge in [0.25, 0.3) is 0 Å². The number of anilines is 1. The van der Waals surface area contributed by atoms with Crippen LogP contribution in [0.15, 0.2) is 36.7 Å². The minimum absolute atomic E-state index is 0.0918. The Balaban J connectivity index is 1.23. The minimum atomic E-state index is -0.491.